The Bertz CT molecular complexity index is 812. The van der Waals surface area contributed by atoms with Gasteiger partial charge in [-0.3, -0.25) is 0 Å². The van der Waals surface area contributed by atoms with E-state index in [1.807, 2.05) is 0 Å². The van der Waals surface area contributed by atoms with Crippen molar-refractivity contribution in [1.29, 1.82) is 0 Å². The molecule has 0 radical (unpaired) electrons. The fourth-order valence-electron chi connectivity index (χ4n) is 1.91. The molecular weight excluding hydrogens is 339 g/mol. The number of hydrogen-bond acceptors (Lipinski definition) is 5. The first-order chi connectivity index (χ1) is 10.4. The van der Waals surface area contributed by atoms with Crippen molar-refractivity contribution in [2.75, 3.05) is 5.73 Å². The van der Waals surface area contributed by atoms with E-state index < -0.39 is 11.9 Å². The lowest BCUT2D eigenvalue weighted by Gasteiger charge is -2.04. The van der Waals surface area contributed by atoms with Gasteiger partial charge in [-0.05, 0) is 17.7 Å². The quantitative estimate of drug-likeness (QED) is 0.769. The summed E-state index contributed by atoms with van der Waals surface area (Å²) in [5, 5.41) is 5.03. The maximum Gasteiger partial charge on any atom is 0.435 e. The van der Waals surface area contributed by atoms with Gasteiger partial charge in [-0.2, -0.15) is 23.0 Å². The third-order valence-electron chi connectivity index (χ3n) is 2.79. The van der Waals surface area contributed by atoms with Crippen molar-refractivity contribution in [3.05, 3.63) is 39.9 Å². The zero-order valence-corrected chi connectivity index (χ0v) is 12.2. The molecule has 114 valence electrons. The Labute approximate surface area is 131 Å². The van der Waals surface area contributed by atoms with Gasteiger partial charge < -0.3 is 5.73 Å². The topological polar surface area (TPSA) is 69.6 Å². The van der Waals surface area contributed by atoms with Crippen molar-refractivity contribution in [2.45, 2.75) is 6.18 Å². The van der Waals surface area contributed by atoms with E-state index in [1.165, 1.54) is 29.9 Å². The molecule has 22 heavy (non-hydrogen) atoms. The van der Waals surface area contributed by atoms with Crippen molar-refractivity contribution in [1.82, 2.24) is 19.7 Å². The lowest BCUT2D eigenvalue weighted by atomic mass is 10.1. The molecule has 2 N–H and O–H groups in total. The summed E-state index contributed by atoms with van der Waals surface area (Å²) in [6, 6.07) is 2.94. The first-order valence-corrected chi connectivity index (χ1v) is 7.11. The molecule has 0 atom stereocenters. The van der Waals surface area contributed by atoms with Crippen molar-refractivity contribution in [3.63, 3.8) is 0 Å². The van der Waals surface area contributed by atoms with Crippen LogP contribution in [0.25, 0.3) is 17.1 Å². The molecule has 5 nitrogen and oxygen atoms in total. The minimum Gasteiger partial charge on any atom is -0.383 e. The molecule has 0 unspecified atom stereocenters. The summed E-state index contributed by atoms with van der Waals surface area (Å²) in [6.07, 6.45) is -1.90. The zero-order chi connectivity index (χ0) is 15.9. The number of rotatable bonds is 2. The van der Waals surface area contributed by atoms with Crippen molar-refractivity contribution in [2.24, 2.45) is 0 Å². The second-order valence-corrected chi connectivity index (χ2v) is 5.75. The van der Waals surface area contributed by atoms with Gasteiger partial charge in [-0.1, -0.05) is 11.6 Å². The predicted molar refractivity (Wildman–Crippen MR) is 76.9 cm³/mol. The maximum atomic E-state index is 13.2. The number of alkyl halides is 3. The largest absolute Gasteiger partial charge is 0.435 e. The smallest absolute Gasteiger partial charge is 0.383 e. The van der Waals surface area contributed by atoms with Gasteiger partial charge >= 0.3 is 6.18 Å². The first kappa shape index (κ1) is 14.8. The molecule has 0 aromatic carbocycles. The molecule has 0 saturated carbocycles. The molecule has 3 heterocycles. The minimum absolute atomic E-state index is 0.0434. The number of aromatic nitrogens is 4. The molecule has 10 heteroatoms. The summed E-state index contributed by atoms with van der Waals surface area (Å²) in [5.41, 5.74) is 4.77. The highest BCUT2D eigenvalue weighted by Gasteiger charge is 2.40. The van der Waals surface area contributed by atoms with Crippen LogP contribution in [0.3, 0.4) is 0 Å². The van der Waals surface area contributed by atoms with E-state index in [9.17, 15) is 13.2 Å². The summed E-state index contributed by atoms with van der Waals surface area (Å²) < 4.78 is 41.0. The number of nitrogens with two attached hydrogens (primary N) is 1. The normalized spacial score (nSPS) is 11.8. The summed E-state index contributed by atoms with van der Waals surface area (Å²) >= 11 is 6.90. The summed E-state index contributed by atoms with van der Waals surface area (Å²) in [6.45, 7) is 0. The lowest BCUT2D eigenvalue weighted by Crippen LogP contribution is -2.09. The molecular formula is C12H7ClF3N5S. The average Bonchev–Trinajstić information content (AvgIpc) is 3.03. The molecule has 3 aromatic rings. The Hall–Kier alpha value is -2.13. The Morgan fingerprint density at radius 2 is 1.91 bits per heavy atom. The predicted octanol–water partition coefficient (Wildman–Crippen LogP) is 3.65. The summed E-state index contributed by atoms with van der Waals surface area (Å²) in [5.74, 6) is -0.244. The average molecular weight is 346 g/mol. The second-order valence-electron chi connectivity index (χ2n) is 4.21. The van der Waals surface area contributed by atoms with Crippen LogP contribution in [0.4, 0.5) is 19.0 Å². The van der Waals surface area contributed by atoms with E-state index in [-0.39, 0.29) is 22.9 Å². The fourth-order valence-corrected chi connectivity index (χ4v) is 2.78. The van der Waals surface area contributed by atoms with Crippen LogP contribution in [0.2, 0.25) is 4.34 Å². The third-order valence-corrected chi connectivity index (χ3v) is 3.88. The van der Waals surface area contributed by atoms with Crippen LogP contribution in [0, 0.1) is 0 Å². The van der Waals surface area contributed by atoms with Crippen LogP contribution in [-0.4, -0.2) is 19.7 Å². The molecule has 0 saturated heterocycles. The van der Waals surface area contributed by atoms with Gasteiger partial charge in [0, 0.05) is 17.8 Å². The number of anilines is 1. The fraction of sp³-hybridized carbons (Fsp3) is 0.0833. The van der Waals surface area contributed by atoms with Gasteiger partial charge in [0.25, 0.3) is 5.95 Å². The SMILES string of the molecule is Nc1c(-c2csc(Cl)c2)c(C(F)(F)F)nn1-c1ncccn1. The molecule has 0 aliphatic heterocycles. The van der Waals surface area contributed by atoms with E-state index in [1.54, 1.807) is 0 Å². The number of hydrogen-bond donors (Lipinski definition) is 1. The van der Waals surface area contributed by atoms with Crippen LogP contribution < -0.4 is 5.73 Å². The van der Waals surface area contributed by atoms with Crippen molar-refractivity contribution in [3.8, 4) is 17.1 Å². The highest BCUT2D eigenvalue weighted by molar-refractivity contribution is 7.14. The van der Waals surface area contributed by atoms with E-state index in [0.717, 1.165) is 16.0 Å². The van der Waals surface area contributed by atoms with Crippen LogP contribution in [0.15, 0.2) is 29.9 Å². The molecule has 0 amide bonds. The highest BCUT2D eigenvalue weighted by atomic mass is 35.5. The lowest BCUT2D eigenvalue weighted by molar-refractivity contribution is -0.140. The highest BCUT2D eigenvalue weighted by Crippen LogP contribution is 2.42. The van der Waals surface area contributed by atoms with E-state index in [0.29, 0.717) is 4.34 Å². The number of nitrogens with zero attached hydrogens (tertiary/aromatic N) is 4. The van der Waals surface area contributed by atoms with Crippen LogP contribution in [-0.2, 0) is 6.18 Å². The summed E-state index contributed by atoms with van der Waals surface area (Å²) in [7, 11) is 0. The molecule has 3 aromatic heterocycles. The van der Waals surface area contributed by atoms with Gasteiger partial charge in [0.05, 0.1) is 9.90 Å². The molecule has 0 aliphatic carbocycles. The Morgan fingerprint density at radius 1 is 1.23 bits per heavy atom. The van der Waals surface area contributed by atoms with Gasteiger partial charge in [0.15, 0.2) is 5.69 Å². The monoisotopic (exact) mass is 345 g/mol. The van der Waals surface area contributed by atoms with Crippen LogP contribution in [0.5, 0.6) is 0 Å². The molecule has 0 aliphatic rings. The molecule has 0 bridgehead atoms. The Balaban J connectivity index is 2.26. The third kappa shape index (κ3) is 2.53. The Morgan fingerprint density at radius 3 is 2.45 bits per heavy atom. The van der Waals surface area contributed by atoms with E-state index in [2.05, 4.69) is 15.1 Å². The zero-order valence-electron chi connectivity index (χ0n) is 10.7. The number of halogens is 4. The van der Waals surface area contributed by atoms with E-state index in [4.69, 9.17) is 17.3 Å². The van der Waals surface area contributed by atoms with Gasteiger partial charge in [-0.25, -0.2) is 9.97 Å². The standard InChI is InChI=1S/C12H7ClF3N5S/c13-7-4-6(5-22-7)8-9(12(14,15)16)20-21(10(8)17)11-18-2-1-3-19-11/h1-5H,17H2. The second kappa shape index (κ2) is 5.25. The van der Waals surface area contributed by atoms with Crippen molar-refractivity contribution >= 4 is 28.8 Å². The van der Waals surface area contributed by atoms with Crippen LogP contribution in [0.1, 0.15) is 5.69 Å². The van der Waals surface area contributed by atoms with E-state index >= 15 is 0 Å². The van der Waals surface area contributed by atoms with Gasteiger partial charge in [0.2, 0.25) is 0 Å². The van der Waals surface area contributed by atoms with Gasteiger partial charge in [0.1, 0.15) is 5.82 Å². The van der Waals surface area contributed by atoms with Gasteiger partial charge in [-0.15, -0.1) is 11.3 Å². The molecule has 0 spiro atoms. The number of nitrogen functional groups attached to an aromatic ring is 1. The first-order valence-electron chi connectivity index (χ1n) is 5.85. The molecule has 3 rings (SSSR count). The summed E-state index contributed by atoms with van der Waals surface area (Å²) in [4.78, 5) is 7.73. The molecule has 0 fully saturated rings. The van der Waals surface area contributed by atoms with Crippen LogP contribution >= 0.6 is 22.9 Å². The number of thiophene rings is 1. The van der Waals surface area contributed by atoms with Crippen molar-refractivity contribution < 1.29 is 13.2 Å². The minimum atomic E-state index is -4.67. The Kier molecular flexibility index (Phi) is 3.53. The maximum absolute atomic E-state index is 13.2.